The number of carbonyl (C=O) groups excluding carboxylic acids is 1. The lowest BCUT2D eigenvalue weighted by Crippen LogP contribution is -2.08. The van der Waals surface area contributed by atoms with Crippen LogP contribution in [0.1, 0.15) is 12.7 Å². The number of nitrogens with zero attached hydrogens (tertiary/aromatic N) is 5. The average molecular weight is 252 g/mol. The number of hydrogen-bond acceptors (Lipinski definition) is 8. The first kappa shape index (κ1) is 12.0. The average Bonchev–Trinajstić information content (AvgIpc) is 2.85. The van der Waals surface area contributed by atoms with Gasteiger partial charge in [-0.15, -0.1) is 0 Å². The first-order chi connectivity index (χ1) is 8.61. The molecule has 18 heavy (non-hydrogen) atoms. The van der Waals surface area contributed by atoms with Crippen LogP contribution in [0.2, 0.25) is 0 Å². The zero-order valence-corrected chi connectivity index (χ0v) is 9.95. The summed E-state index contributed by atoms with van der Waals surface area (Å²) in [5, 5.41) is 11.1. The van der Waals surface area contributed by atoms with Gasteiger partial charge in [-0.1, -0.05) is 0 Å². The quantitative estimate of drug-likeness (QED) is 0.726. The van der Waals surface area contributed by atoms with Crippen molar-refractivity contribution in [2.75, 3.05) is 12.3 Å². The number of ether oxygens (including phenoxy) is 1. The van der Waals surface area contributed by atoms with Crippen molar-refractivity contribution in [1.29, 1.82) is 0 Å². The molecule has 2 N–H and O–H groups in total. The number of rotatable bonds is 4. The first-order valence-electron chi connectivity index (χ1n) is 5.25. The standard InChI is InChI=1S/C9H12N6O3/c1-3-17-6(16)4-5-11-9(15(2)12-5)7-8(10)14-18-13-7/h3-4H2,1-2H3,(H2,10,14). The Balaban J connectivity index is 2.22. The van der Waals surface area contributed by atoms with E-state index in [4.69, 9.17) is 10.5 Å². The van der Waals surface area contributed by atoms with E-state index in [0.717, 1.165) is 0 Å². The molecule has 0 amide bonds. The Labute approximate surface area is 102 Å². The molecule has 0 fully saturated rings. The molecule has 0 bridgehead atoms. The number of carbonyl (C=O) groups is 1. The van der Waals surface area contributed by atoms with Crippen molar-refractivity contribution in [3.63, 3.8) is 0 Å². The van der Waals surface area contributed by atoms with E-state index in [1.807, 2.05) is 0 Å². The van der Waals surface area contributed by atoms with Crippen LogP contribution in [0, 0.1) is 0 Å². The molecule has 2 aromatic heterocycles. The smallest absolute Gasteiger partial charge is 0.313 e. The molecule has 0 saturated carbocycles. The number of aryl methyl sites for hydroxylation is 1. The normalized spacial score (nSPS) is 10.6. The number of aromatic nitrogens is 5. The fourth-order valence-corrected chi connectivity index (χ4v) is 1.41. The molecule has 0 unspecified atom stereocenters. The van der Waals surface area contributed by atoms with Crippen molar-refractivity contribution in [3.8, 4) is 11.5 Å². The summed E-state index contributed by atoms with van der Waals surface area (Å²) in [6.45, 7) is 2.05. The maximum Gasteiger partial charge on any atom is 0.313 e. The summed E-state index contributed by atoms with van der Waals surface area (Å²) in [6.07, 6.45) is -0.00708. The van der Waals surface area contributed by atoms with Crippen molar-refractivity contribution < 1.29 is 14.2 Å². The minimum absolute atomic E-state index is 0.00708. The lowest BCUT2D eigenvalue weighted by Gasteiger charge is -1.96. The van der Waals surface area contributed by atoms with E-state index in [1.165, 1.54) is 4.68 Å². The number of esters is 1. The third kappa shape index (κ3) is 2.29. The Kier molecular flexibility index (Phi) is 3.22. The molecule has 9 nitrogen and oxygen atoms in total. The number of hydrogen-bond donors (Lipinski definition) is 1. The van der Waals surface area contributed by atoms with Crippen molar-refractivity contribution >= 4 is 11.8 Å². The molecule has 96 valence electrons. The topological polar surface area (TPSA) is 122 Å². The van der Waals surface area contributed by atoms with E-state index in [2.05, 4.69) is 25.0 Å². The third-order valence-electron chi connectivity index (χ3n) is 2.14. The second-order valence-corrected chi connectivity index (χ2v) is 3.46. The predicted octanol–water partition coefficient (Wildman–Crippen LogP) is -0.447. The Morgan fingerprint density at radius 1 is 1.50 bits per heavy atom. The van der Waals surface area contributed by atoms with Gasteiger partial charge in [0.1, 0.15) is 6.42 Å². The maximum absolute atomic E-state index is 11.3. The van der Waals surface area contributed by atoms with Gasteiger partial charge in [0.25, 0.3) is 0 Å². The summed E-state index contributed by atoms with van der Waals surface area (Å²) < 4.78 is 10.7. The Morgan fingerprint density at radius 2 is 2.28 bits per heavy atom. The molecule has 0 aliphatic heterocycles. The summed E-state index contributed by atoms with van der Waals surface area (Å²) in [6, 6.07) is 0. The summed E-state index contributed by atoms with van der Waals surface area (Å²) in [4.78, 5) is 15.4. The lowest BCUT2D eigenvalue weighted by atomic mass is 10.4. The zero-order valence-electron chi connectivity index (χ0n) is 9.95. The molecule has 0 aromatic carbocycles. The van der Waals surface area contributed by atoms with E-state index in [1.54, 1.807) is 14.0 Å². The van der Waals surface area contributed by atoms with Crippen LogP contribution in [0.15, 0.2) is 4.63 Å². The van der Waals surface area contributed by atoms with Gasteiger partial charge in [-0.05, 0) is 17.2 Å². The highest BCUT2D eigenvalue weighted by Gasteiger charge is 2.18. The second kappa shape index (κ2) is 4.82. The van der Waals surface area contributed by atoms with Gasteiger partial charge in [0.2, 0.25) is 0 Å². The van der Waals surface area contributed by atoms with Crippen LogP contribution in [0.25, 0.3) is 11.5 Å². The molecular formula is C9H12N6O3. The number of nitrogen functional groups attached to an aromatic ring is 1. The molecule has 9 heteroatoms. The van der Waals surface area contributed by atoms with Crippen LogP contribution in [0.4, 0.5) is 5.82 Å². The molecular weight excluding hydrogens is 240 g/mol. The van der Waals surface area contributed by atoms with E-state index in [0.29, 0.717) is 23.9 Å². The predicted molar refractivity (Wildman–Crippen MR) is 59.0 cm³/mol. The van der Waals surface area contributed by atoms with Gasteiger partial charge in [-0.25, -0.2) is 14.3 Å². The molecule has 0 radical (unpaired) electrons. The van der Waals surface area contributed by atoms with Gasteiger partial charge in [0.15, 0.2) is 23.2 Å². The number of anilines is 1. The van der Waals surface area contributed by atoms with Crippen molar-refractivity contribution in [3.05, 3.63) is 5.82 Å². The molecule has 2 aromatic rings. The summed E-state index contributed by atoms with van der Waals surface area (Å²) in [7, 11) is 1.66. The minimum Gasteiger partial charge on any atom is -0.466 e. The monoisotopic (exact) mass is 252 g/mol. The minimum atomic E-state index is -0.388. The van der Waals surface area contributed by atoms with E-state index in [9.17, 15) is 4.79 Å². The zero-order chi connectivity index (χ0) is 13.1. The SMILES string of the molecule is CCOC(=O)Cc1nc(-c2nonc2N)n(C)n1. The van der Waals surface area contributed by atoms with Gasteiger partial charge < -0.3 is 10.5 Å². The summed E-state index contributed by atoms with van der Waals surface area (Å²) >= 11 is 0. The molecule has 0 spiro atoms. The van der Waals surface area contributed by atoms with E-state index < -0.39 is 0 Å². The van der Waals surface area contributed by atoms with Gasteiger partial charge in [0.05, 0.1) is 6.61 Å². The summed E-state index contributed by atoms with van der Waals surface area (Å²) in [5.41, 5.74) is 5.85. The van der Waals surface area contributed by atoms with Crippen LogP contribution < -0.4 is 5.73 Å². The van der Waals surface area contributed by atoms with Crippen molar-refractivity contribution in [1.82, 2.24) is 25.1 Å². The fraction of sp³-hybridized carbons (Fsp3) is 0.444. The van der Waals surface area contributed by atoms with Crippen LogP contribution in [0.5, 0.6) is 0 Å². The first-order valence-corrected chi connectivity index (χ1v) is 5.25. The number of nitrogens with two attached hydrogens (primary N) is 1. The fourth-order valence-electron chi connectivity index (χ4n) is 1.41. The largest absolute Gasteiger partial charge is 0.466 e. The molecule has 0 aliphatic carbocycles. The van der Waals surface area contributed by atoms with Crippen molar-refractivity contribution in [2.24, 2.45) is 7.05 Å². The molecule has 0 saturated heterocycles. The highest BCUT2D eigenvalue weighted by atomic mass is 16.6. The Hall–Kier alpha value is -2.45. The van der Waals surface area contributed by atoms with Crippen LogP contribution >= 0.6 is 0 Å². The van der Waals surface area contributed by atoms with Crippen LogP contribution in [-0.4, -0.2) is 37.7 Å². The molecule has 0 aliphatic rings. The molecule has 2 rings (SSSR count). The Morgan fingerprint density at radius 3 is 2.89 bits per heavy atom. The lowest BCUT2D eigenvalue weighted by molar-refractivity contribution is -0.142. The summed E-state index contributed by atoms with van der Waals surface area (Å²) in [5.74, 6) is 0.440. The van der Waals surface area contributed by atoms with Gasteiger partial charge in [-0.2, -0.15) is 5.10 Å². The van der Waals surface area contributed by atoms with Crippen LogP contribution in [-0.2, 0) is 23.0 Å². The van der Waals surface area contributed by atoms with Crippen molar-refractivity contribution in [2.45, 2.75) is 13.3 Å². The van der Waals surface area contributed by atoms with Crippen LogP contribution in [0.3, 0.4) is 0 Å². The third-order valence-corrected chi connectivity index (χ3v) is 2.14. The van der Waals surface area contributed by atoms with Gasteiger partial charge in [0, 0.05) is 7.05 Å². The molecule has 2 heterocycles. The highest BCUT2D eigenvalue weighted by Crippen LogP contribution is 2.19. The highest BCUT2D eigenvalue weighted by molar-refractivity contribution is 5.72. The second-order valence-electron chi connectivity index (χ2n) is 3.46. The van der Waals surface area contributed by atoms with Gasteiger partial charge in [-0.3, -0.25) is 4.79 Å². The molecule has 0 atom stereocenters. The van der Waals surface area contributed by atoms with Gasteiger partial charge >= 0.3 is 5.97 Å². The van der Waals surface area contributed by atoms with E-state index >= 15 is 0 Å². The Bertz CT molecular complexity index is 560. The van der Waals surface area contributed by atoms with E-state index in [-0.39, 0.29) is 18.2 Å². The maximum atomic E-state index is 11.3.